The highest BCUT2D eigenvalue weighted by Crippen LogP contribution is 2.04. The molecule has 0 saturated heterocycles. The predicted molar refractivity (Wildman–Crippen MR) is 43.7 cm³/mol. The number of nitrogens with zero attached hydrogens (tertiary/aromatic N) is 1. The smallest absolute Gasteiger partial charge is 0.150 e. The summed E-state index contributed by atoms with van der Waals surface area (Å²) in [5, 5.41) is 2.74. The highest BCUT2D eigenvalue weighted by molar-refractivity contribution is 5.33. The normalized spacial score (nSPS) is 15.4. The van der Waals surface area contributed by atoms with Gasteiger partial charge in [-0.1, -0.05) is 17.9 Å². The fraction of sp³-hybridized carbons (Fsp3) is 0.125. The van der Waals surface area contributed by atoms with Crippen molar-refractivity contribution in [3.05, 3.63) is 46.2 Å². The fourth-order valence-electron chi connectivity index (χ4n) is 0.709. The van der Waals surface area contributed by atoms with Gasteiger partial charge in [-0.3, -0.25) is 0 Å². The number of allylic oxidation sites excluding steroid dienone is 2. The van der Waals surface area contributed by atoms with Crippen LogP contribution in [-0.4, -0.2) is 6.54 Å². The number of nitrogens with two attached hydrogens (primary N) is 1. The summed E-state index contributed by atoms with van der Waals surface area (Å²) in [5.41, 5.74) is 9.30. The lowest BCUT2D eigenvalue weighted by Gasteiger charge is -1.88. The van der Waals surface area contributed by atoms with Crippen LogP contribution in [0.3, 0.4) is 0 Å². The van der Waals surface area contributed by atoms with Crippen molar-refractivity contribution < 1.29 is 0 Å². The molecule has 0 aromatic heterocycles. The second kappa shape index (κ2) is 3.66. The van der Waals surface area contributed by atoms with Crippen LogP contribution in [-0.2, 0) is 0 Å². The second-order valence-electron chi connectivity index (χ2n) is 2.07. The number of nitroso groups, excluding NO2 is 1. The Morgan fingerprint density at radius 1 is 1.64 bits per heavy atom. The maximum absolute atomic E-state index is 10.0. The van der Waals surface area contributed by atoms with E-state index in [1.54, 1.807) is 18.2 Å². The minimum atomic E-state index is 0.296. The Morgan fingerprint density at radius 2 is 2.45 bits per heavy atom. The van der Waals surface area contributed by atoms with E-state index in [0.29, 0.717) is 12.2 Å². The molecule has 2 N–H and O–H groups in total. The van der Waals surface area contributed by atoms with Crippen LogP contribution >= 0.6 is 0 Å². The molecular weight excluding hydrogens is 140 g/mol. The van der Waals surface area contributed by atoms with Gasteiger partial charge in [-0.25, -0.2) is 0 Å². The van der Waals surface area contributed by atoms with Crippen molar-refractivity contribution in [2.45, 2.75) is 0 Å². The van der Waals surface area contributed by atoms with Crippen molar-refractivity contribution >= 4 is 0 Å². The van der Waals surface area contributed by atoms with Gasteiger partial charge >= 0.3 is 0 Å². The summed E-state index contributed by atoms with van der Waals surface area (Å²) in [7, 11) is 0. The van der Waals surface area contributed by atoms with Crippen LogP contribution in [0.2, 0.25) is 0 Å². The topological polar surface area (TPSA) is 55.4 Å². The molecule has 0 aromatic carbocycles. The lowest BCUT2D eigenvalue weighted by molar-refractivity contribution is 1.19. The zero-order valence-corrected chi connectivity index (χ0v) is 5.95. The molecule has 0 aliphatic heterocycles. The molecule has 11 heavy (non-hydrogen) atoms. The molecule has 1 aliphatic rings. The molecule has 0 atom stereocenters. The van der Waals surface area contributed by atoms with Gasteiger partial charge in [0.05, 0.1) is 0 Å². The minimum Gasteiger partial charge on any atom is -0.326 e. The van der Waals surface area contributed by atoms with Gasteiger partial charge in [0.25, 0.3) is 0 Å². The van der Waals surface area contributed by atoms with Gasteiger partial charge < -0.3 is 5.73 Å². The largest absolute Gasteiger partial charge is 0.326 e. The molecule has 0 unspecified atom stereocenters. The molecule has 0 fully saturated rings. The highest BCUT2D eigenvalue weighted by Gasteiger charge is 1.91. The van der Waals surface area contributed by atoms with E-state index in [0.717, 1.165) is 5.57 Å². The Labute approximate surface area is 64.6 Å². The molecule has 0 spiro atoms. The lowest BCUT2D eigenvalue weighted by Crippen LogP contribution is -1.99. The van der Waals surface area contributed by atoms with Crippen LogP contribution in [0.25, 0.3) is 0 Å². The van der Waals surface area contributed by atoms with Crippen molar-refractivity contribution in [3.8, 4) is 0 Å². The summed E-state index contributed by atoms with van der Waals surface area (Å²) >= 11 is 0. The van der Waals surface area contributed by atoms with E-state index >= 15 is 0 Å². The van der Waals surface area contributed by atoms with E-state index < -0.39 is 0 Å². The SMILES string of the molecule is NCC1=CC=CC(N=O)=C=C1. The summed E-state index contributed by atoms with van der Waals surface area (Å²) < 4.78 is 0. The Morgan fingerprint density at radius 3 is 3.09 bits per heavy atom. The van der Waals surface area contributed by atoms with Crippen molar-refractivity contribution in [3.63, 3.8) is 0 Å². The van der Waals surface area contributed by atoms with Gasteiger partial charge in [-0.2, -0.15) is 0 Å². The van der Waals surface area contributed by atoms with Gasteiger partial charge in [0.1, 0.15) is 5.70 Å². The van der Waals surface area contributed by atoms with Gasteiger partial charge in [0.2, 0.25) is 0 Å². The van der Waals surface area contributed by atoms with Gasteiger partial charge in [0, 0.05) is 6.54 Å². The van der Waals surface area contributed by atoms with Gasteiger partial charge in [0.15, 0.2) is 0 Å². The molecule has 1 aliphatic carbocycles. The molecule has 0 saturated carbocycles. The standard InChI is InChI=1S/C8H8N2O/c9-6-7-2-1-3-8(10-11)5-4-7/h1-4H,6,9H2. The minimum absolute atomic E-state index is 0.296. The molecular formula is C8H8N2O. The van der Waals surface area contributed by atoms with E-state index in [-0.39, 0.29) is 0 Å². The highest BCUT2D eigenvalue weighted by atomic mass is 16.3. The van der Waals surface area contributed by atoms with Crippen molar-refractivity contribution in [2.24, 2.45) is 10.9 Å². The average molecular weight is 148 g/mol. The van der Waals surface area contributed by atoms with Crippen LogP contribution in [0.5, 0.6) is 0 Å². The number of hydrogen-bond acceptors (Lipinski definition) is 3. The van der Waals surface area contributed by atoms with Crippen molar-refractivity contribution in [2.75, 3.05) is 6.54 Å². The zero-order valence-electron chi connectivity index (χ0n) is 5.95. The first-order valence-electron chi connectivity index (χ1n) is 3.24. The van der Waals surface area contributed by atoms with Crippen LogP contribution in [0.1, 0.15) is 0 Å². The first kappa shape index (κ1) is 7.66. The Balaban J connectivity index is 2.95. The molecule has 0 bridgehead atoms. The fourth-order valence-corrected chi connectivity index (χ4v) is 0.709. The average Bonchev–Trinajstić information content (AvgIpc) is 2.28. The Kier molecular flexibility index (Phi) is 2.55. The number of hydrogen-bond donors (Lipinski definition) is 1. The van der Waals surface area contributed by atoms with E-state index in [2.05, 4.69) is 10.9 Å². The van der Waals surface area contributed by atoms with Crippen LogP contribution in [0.4, 0.5) is 0 Å². The summed E-state index contributed by atoms with van der Waals surface area (Å²) in [5.74, 6) is 0. The summed E-state index contributed by atoms with van der Waals surface area (Å²) in [6.45, 7) is 0.448. The quantitative estimate of drug-likeness (QED) is 0.473. The molecule has 56 valence electrons. The molecule has 0 heterocycles. The third-order valence-electron chi connectivity index (χ3n) is 1.30. The second-order valence-corrected chi connectivity index (χ2v) is 2.07. The maximum atomic E-state index is 10.0. The van der Waals surface area contributed by atoms with Crippen molar-refractivity contribution in [1.29, 1.82) is 0 Å². The van der Waals surface area contributed by atoms with Gasteiger partial charge in [-0.05, 0) is 22.9 Å². The van der Waals surface area contributed by atoms with E-state index in [4.69, 9.17) is 5.73 Å². The molecule has 1 rings (SSSR count). The van der Waals surface area contributed by atoms with E-state index in [9.17, 15) is 4.91 Å². The summed E-state index contributed by atoms with van der Waals surface area (Å²) in [6, 6.07) is 0. The Hall–Kier alpha value is -1.44. The van der Waals surface area contributed by atoms with E-state index in [1.165, 1.54) is 0 Å². The van der Waals surface area contributed by atoms with Crippen molar-refractivity contribution in [1.82, 2.24) is 0 Å². The van der Waals surface area contributed by atoms with Gasteiger partial charge in [-0.15, -0.1) is 4.91 Å². The first-order chi connectivity index (χ1) is 5.36. The predicted octanol–water partition coefficient (Wildman–Crippen LogP) is 1.25. The third-order valence-corrected chi connectivity index (χ3v) is 1.30. The van der Waals surface area contributed by atoms with Crippen LogP contribution in [0.15, 0.2) is 46.5 Å². The molecule has 3 nitrogen and oxygen atoms in total. The monoisotopic (exact) mass is 148 g/mol. The third kappa shape index (κ3) is 2.00. The van der Waals surface area contributed by atoms with E-state index in [1.807, 2.05) is 6.08 Å². The van der Waals surface area contributed by atoms with Crippen LogP contribution in [0, 0.1) is 4.91 Å². The van der Waals surface area contributed by atoms with Crippen LogP contribution < -0.4 is 5.73 Å². The number of rotatable bonds is 2. The molecule has 0 radical (unpaired) electrons. The maximum Gasteiger partial charge on any atom is 0.150 e. The summed E-state index contributed by atoms with van der Waals surface area (Å²) in [4.78, 5) is 10.0. The molecule has 0 aromatic rings. The molecule has 3 heteroatoms. The lowest BCUT2D eigenvalue weighted by atomic mass is 10.2. The Bertz CT molecular complexity index is 280. The zero-order chi connectivity index (χ0) is 8.10. The molecule has 0 amide bonds. The first-order valence-corrected chi connectivity index (χ1v) is 3.24. The summed E-state index contributed by atoms with van der Waals surface area (Å²) in [6.07, 6.45) is 6.81.